The van der Waals surface area contributed by atoms with Crippen molar-refractivity contribution >= 4 is 24.0 Å². The second-order valence-corrected chi connectivity index (χ2v) is 6.68. The van der Waals surface area contributed by atoms with Gasteiger partial charge in [-0.2, -0.15) is 4.39 Å². The summed E-state index contributed by atoms with van der Waals surface area (Å²) in [6.45, 7) is 1.71. The highest BCUT2D eigenvalue weighted by Crippen LogP contribution is 2.30. The van der Waals surface area contributed by atoms with Crippen molar-refractivity contribution in [1.82, 2.24) is 20.5 Å². The van der Waals surface area contributed by atoms with Gasteiger partial charge < -0.3 is 5.32 Å². The Labute approximate surface area is 157 Å². The molecule has 0 aromatic carbocycles. The molecule has 0 radical (unpaired) electrons. The van der Waals surface area contributed by atoms with Crippen molar-refractivity contribution < 1.29 is 19.2 Å². The first-order valence-corrected chi connectivity index (χ1v) is 9.19. The minimum absolute atomic E-state index is 0.0311. The number of halogens is 1. The number of carbonyl (C=O) groups is 2. The van der Waals surface area contributed by atoms with E-state index in [0.717, 1.165) is 25.7 Å². The lowest BCUT2D eigenvalue weighted by Gasteiger charge is -2.22. The molecule has 1 atom stereocenters. The fourth-order valence-corrected chi connectivity index (χ4v) is 3.30. The minimum atomic E-state index is -0.709. The molecule has 1 aliphatic rings. The number of aromatic nitrogens is 2. The van der Waals surface area contributed by atoms with Gasteiger partial charge in [-0.1, -0.05) is 32.6 Å². The van der Waals surface area contributed by atoms with Gasteiger partial charge in [-0.25, -0.2) is 15.0 Å². The number of hydroxylamine groups is 2. The van der Waals surface area contributed by atoms with E-state index in [9.17, 15) is 19.2 Å². The molecule has 0 aliphatic heterocycles. The van der Waals surface area contributed by atoms with Crippen molar-refractivity contribution in [2.45, 2.75) is 45.4 Å². The second-order valence-electron chi connectivity index (χ2n) is 6.68. The van der Waals surface area contributed by atoms with Gasteiger partial charge in [0.1, 0.15) is 5.82 Å². The molecule has 4 N–H and O–H groups in total. The number of nitrogens with zero attached hydrogens (tertiary/aromatic N) is 3. The van der Waals surface area contributed by atoms with E-state index >= 15 is 0 Å². The van der Waals surface area contributed by atoms with Crippen LogP contribution in [0, 0.1) is 17.7 Å². The summed E-state index contributed by atoms with van der Waals surface area (Å²) in [5.74, 6) is -1.08. The third-order valence-corrected chi connectivity index (χ3v) is 4.75. The summed E-state index contributed by atoms with van der Waals surface area (Å²) in [5.41, 5.74) is 4.95. The number of amides is 2. The minimum Gasteiger partial charge on any atom is -0.371 e. The number of hydrogen-bond donors (Lipinski definition) is 4. The molecular weight excluding hydrogens is 355 g/mol. The molecule has 1 aliphatic carbocycles. The number of nitrogens with one attached hydrogen (secondary N) is 3. The zero-order valence-electron chi connectivity index (χ0n) is 15.7. The molecule has 0 bridgehead atoms. The number of hydrazine groups is 1. The average Bonchev–Trinajstić information content (AvgIpc) is 3.19. The van der Waals surface area contributed by atoms with E-state index in [1.165, 1.54) is 0 Å². The Morgan fingerprint density at radius 1 is 1.37 bits per heavy atom. The lowest BCUT2D eigenvalue weighted by atomic mass is 9.92. The normalized spacial score (nSPS) is 15.3. The van der Waals surface area contributed by atoms with E-state index in [1.807, 2.05) is 6.92 Å². The standard InChI is InChI=1S/C17H27FN6O3/c1-3-13-20-15(19-2)14(18)16(21-13)22-23-17(26)12(9-24(27)10-25)8-11-6-4-5-7-11/h10-12,27H,3-9H2,1-2H3,(H,23,26)(H2,19,20,21,22)/t12-/m0/s1. The highest BCUT2D eigenvalue weighted by Gasteiger charge is 2.27. The molecule has 2 amide bonds. The van der Waals surface area contributed by atoms with E-state index < -0.39 is 17.6 Å². The number of aryl methyl sites for hydroxylation is 1. The molecule has 150 valence electrons. The summed E-state index contributed by atoms with van der Waals surface area (Å²) < 4.78 is 14.3. The zero-order chi connectivity index (χ0) is 19.8. The zero-order valence-corrected chi connectivity index (χ0v) is 15.7. The van der Waals surface area contributed by atoms with Crippen LogP contribution in [0.25, 0.3) is 0 Å². The second kappa shape index (κ2) is 10.0. The molecule has 1 aromatic heterocycles. The first-order chi connectivity index (χ1) is 13.0. The number of hydrogen-bond acceptors (Lipinski definition) is 7. The summed E-state index contributed by atoms with van der Waals surface area (Å²) >= 11 is 0. The predicted molar refractivity (Wildman–Crippen MR) is 97.3 cm³/mol. The van der Waals surface area contributed by atoms with E-state index in [0.29, 0.717) is 29.6 Å². The van der Waals surface area contributed by atoms with Crippen LogP contribution in [0.4, 0.5) is 16.0 Å². The Morgan fingerprint density at radius 3 is 2.63 bits per heavy atom. The molecule has 1 fully saturated rings. The first-order valence-electron chi connectivity index (χ1n) is 9.19. The topological polar surface area (TPSA) is 119 Å². The first kappa shape index (κ1) is 20.8. The van der Waals surface area contributed by atoms with Gasteiger partial charge in [0.15, 0.2) is 11.6 Å². The maximum Gasteiger partial charge on any atom is 0.243 e. The van der Waals surface area contributed by atoms with Gasteiger partial charge in [-0.3, -0.25) is 25.6 Å². The smallest absolute Gasteiger partial charge is 0.243 e. The van der Waals surface area contributed by atoms with Crippen LogP contribution in [0.1, 0.15) is 44.9 Å². The summed E-state index contributed by atoms with van der Waals surface area (Å²) in [6, 6.07) is 0. The van der Waals surface area contributed by atoms with Gasteiger partial charge in [0.05, 0.1) is 12.5 Å². The summed E-state index contributed by atoms with van der Waals surface area (Å²) in [5, 5.41) is 12.6. The highest BCUT2D eigenvalue weighted by molar-refractivity contribution is 5.80. The molecule has 27 heavy (non-hydrogen) atoms. The largest absolute Gasteiger partial charge is 0.371 e. The Morgan fingerprint density at radius 2 is 2.04 bits per heavy atom. The number of anilines is 2. The van der Waals surface area contributed by atoms with Crippen molar-refractivity contribution in [3.8, 4) is 0 Å². The van der Waals surface area contributed by atoms with Crippen molar-refractivity contribution in [1.29, 1.82) is 0 Å². The Balaban J connectivity index is 2.06. The third-order valence-electron chi connectivity index (χ3n) is 4.75. The summed E-state index contributed by atoms with van der Waals surface area (Å²) in [4.78, 5) is 31.4. The number of carbonyl (C=O) groups excluding carboxylic acids is 2. The van der Waals surface area contributed by atoms with Crippen molar-refractivity contribution in [2.24, 2.45) is 11.8 Å². The average molecular weight is 382 g/mol. The SMILES string of the molecule is CCc1nc(NC)c(F)c(NNC(=O)[C@@H](CC2CCCC2)CN(O)C=O)n1. The lowest BCUT2D eigenvalue weighted by Crippen LogP contribution is -2.41. The maximum absolute atomic E-state index is 14.3. The van der Waals surface area contributed by atoms with E-state index in [1.54, 1.807) is 7.05 Å². The Kier molecular flexibility index (Phi) is 7.71. The number of rotatable bonds is 10. The predicted octanol–water partition coefficient (Wildman–Crippen LogP) is 1.71. The summed E-state index contributed by atoms with van der Waals surface area (Å²) in [7, 11) is 1.54. The fraction of sp³-hybridized carbons (Fsp3) is 0.647. The third kappa shape index (κ3) is 5.75. The van der Waals surface area contributed by atoms with Crippen LogP contribution in [-0.4, -0.2) is 46.1 Å². The van der Waals surface area contributed by atoms with Gasteiger partial charge in [0.25, 0.3) is 0 Å². The Hall–Kier alpha value is -2.49. The van der Waals surface area contributed by atoms with Gasteiger partial charge in [-0.05, 0) is 12.3 Å². The monoisotopic (exact) mass is 382 g/mol. The van der Waals surface area contributed by atoms with Crippen LogP contribution >= 0.6 is 0 Å². The van der Waals surface area contributed by atoms with Crippen LogP contribution in [0.5, 0.6) is 0 Å². The molecule has 10 heteroatoms. The van der Waals surface area contributed by atoms with E-state index in [2.05, 4.69) is 26.1 Å². The van der Waals surface area contributed by atoms with Crippen LogP contribution in [0.2, 0.25) is 0 Å². The van der Waals surface area contributed by atoms with Gasteiger partial charge >= 0.3 is 0 Å². The van der Waals surface area contributed by atoms with Crippen LogP contribution < -0.4 is 16.2 Å². The van der Waals surface area contributed by atoms with Gasteiger partial charge in [0, 0.05) is 13.5 Å². The summed E-state index contributed by atoms with van der Waals surface area (Å²) in [6.07, 6.45) is 5.59. The molecular formula is C17H27FN6O3. The Bertz CT molecular complexity index is 654. The molecule has 1 heterocycles. The van der Waals surface area contributed by atoms with Gasteiger partial charge in [0.2, 0.25) is 18.1 Å². The molecule has 0 saturated heterocycles. The molecule has 1 saturated carbocycles. The molecule has 0 unspecified atom stereocenters. The van der Waals surface area contributed by atoms with E-state index in [-0.39, 0.29) is 24.6 Å². The molecule has 9 nitrogen and oxygen atoms in total. The van der Waals surface area contributed by atoms with E-state index in [4.69, 9.17) is 0 Å². The lowest BCUT2D eigenvalue weighted by molar-refractivity contribution is -0.154. The molecule has 1 aromatic rings. The van der Waals surface area contributed by atoms with Crippen LogP contribution in [0.15, 0.2) is 0 Å². The maximum atomic E-state index is 14.3. The van der Waals surface area contributed by atoms with Crippen molar-refractivity contribution in [2.75, 3.05) is 24.3 Å². The van der Waals surface area contributed by atoms with Crippen molar-refractivity contribution in [3.05, 3.63) is 11.6 Å². The van der Waals surface area contributed by atoms with Gasteiger partial charge in [-0.15, -0.1) is 0 Å². The molecule has 2 rings (SSSR count). The van der Waals surface area contributed by atoms with Crippen molar-refractivity contribution in [3.63, 3.8) is 0 Å². The fourth-order valence-electron chi connectivity index (χ4n) is 3.30. The van der Waals surface area contributed by atoms with Crippen LogP contribution in [-0.2, 0) is 16.0 Å². The van der Waals surface area contributed by atoms with Crippen LogP contribution in [0.3, 0.4) is 0 Å². The molecule has 0 spiro atoms. The quantitative estimate of drug-likeness (QED) is 0.276. The highest BCUT2D eigenvalue weighted by atomic mass is 19.1.